The minimum absolute atomic E-state index is 0.00525. The number of primary amides is 1. The van der Waals surface area contributed by atoms with Gasteiger partial charge in [-0.2, -0.15) is 0 Å². The zero-order valence-electron chi connectivity index (χ0n) is 32.1. The quantitative estimate of drug-likeness (QED) is 0.135. The van der Waals surface area contributed by atoms with Crippen LogP contribution in [0.4, 0.5) is 14.6 Å². The summed E-state index contributed by atoms with van der Waals surface area (Å²) in [6.45, 7) is 25.7. The number of carbonyl (C=O) groups excluding carboxylic acids is 3. The molecule has 0 aliphatic rings. The topological polar surface area (TPSA) is 126 Å². The first-order chi connectivity index (χ1) is 24.6. The Hall–Kier alpha value is -5.50. The summed E-state index contributed by atoms with van der Waals surface area (Å²) in [6.07, 6.45) is 2.98. The van der Waals surface area contributed by atoms with Gasteiger partial charge in [-0.05, 0) is 146 Å². The molecule has 0 spiro atoms. The van der Waals surface area contributed by atoms with E-state index in [-0.39, 0.29) is 48.0 Å². The van der Waals surface area contributed by atoms with Gasteiger partial charge in [0.2, 0.25) is 0 Å². The van der Waals surface area contributed by atoms with Crippen LogP contribution in [0.5, 0.6) is 0 Å². The van der Waals surface area contributed by atoms with Gasteiger partial charge < -0.3 is 20.1 Å². The highest BCUT2D eigenvalue weighted by molar-refractivity contribution is 5.92. The molecule has 2 heterocycles. The maximum absolute atomic E-state index is 14.3. The van der Waals surface area contributed by atoms with E-state index in [4.69, 9.17) is 21.8 Å². The van der Waals surface area contributed by atoms with Crippen LogP contribution in [0.2, 0.25) is 0 Å². The maximum atomic E-state index is 14.3. The van der Waals surface area contributed by atoms with Crippen molar-refractivity contribution in [1.29, 1.82) is 0 Å². The average Bonchev–Trinajstić information content (AvgIpc) is 3.04. The number of rotatable bonds is 9. The minimum Gasteiger partial charge on any atom is -0.460 e. The molecule has 0 saturated carbocycles. The molecule has 0 aliphatic heterocycles. The van der Waals surface area contributed by atoms with E-state index in [0.717, 1.165) is 11.1 Å². The molecule has 9 nitrogen and oxygen atoms in total. The first kappa shape index (κ1) is 41.9. The van der Waals surface area contributed by atoms with Crippen LogP contribution in [0.25, 0.3) is 27.1 Å². The Morgan fingerprint density at radius 2 is 1.13 bits per heavy atom. The summed E-state index contributed by atoms with van der Waals surface area (Å²) in [5, 5.41) is 0. The summed E-state index contributed by atoms with van der Waals surface area (Å²) in [6, 6.07) is 12.1. The van der Waals surface area contributed by atoms with Crippen molar-refractivity contribution in [1.82, 2.24) is 9.97 Å². The number of benzene rings is 2. The molecule has 0 aliphatic carbocycles. The van der Waals surface area contributed by atoms with Gasteiger partial charge in [-0.25, -0.2) is 8.78 Å². The van der Waals surface area contributed by atoms with Crippen LogP contribution >= 0.6 is 0 Å². The highest BCUT2D eigenvalue weighted by Crippen LogP contribution is 2.35. The van der Waals surface area contributed by atoms with E-state index in [0.29, 0.717) is 33.4 Å². The van der Waals surface area contributed by atoms with E-state index in [1.165, 1.54) is 42.7 Å². The van der Waals surface area contributed by atoms with Crippen molar-refractivity contribution < 1.29 is 32.6 Å². The van der Waals surface area contributed by atoms with Crippen LogP contribution < -0.4 is 5.73 Å². The number of aromatic nitrogens is 2. The summed E-state index contributed by atoms with van der Waals surface area (Å²) >= 11 is 0. The molecule has 0 bridgehead atoms. The Labute approximate surface area is 310 Å². The molecule has 53 heavy (non-hydrogen) atoms. The third-order valence-corrected chi connectivity index (χ3v) is 7.72. The summed E-state index contributed by atoms with van der Waals surface area (Å²) in [7, 11) is 0. The Morgan fingerprint density at radius 1 is 0.717 bits per heavy atom. The van der Waals surface area contributed by atoms with Gasteiger partial charge in [-0.3, -0.25) is 19.4 Å². The number of nitrogens with two attached hydrogens (primary N) is 1. The molecule has 0 unspecified atom stereocenters. The number of carbonyl (C=O) groups is 3. The standard InChI is InChI=1S/C21H25FN2O3.C21H23FN2O2/c1-12(2)15-9-14(22)10-16(13-6-7-24-18(8-13)20(23)26)17(15)11-19(25)27-21(3,4)5;1-13(2)16-10-15(22)11-17(14-7-8-24-19(9-14)23-6)18(16)12-20(25)26-21(3,4)5/h6-10,12H,11H2,1-5H3,(H2,23,26);7-11,13H,12H2,1-5H3. The first-order valence-electron chi connectivity index (χ1n) is 17.3. The summed E-state index contributed by atoms with van der Waals surface area (Å²) in [4.78, 5) is 47.5. The smallest absolute Gasteiger partial charge is 0.310 e. The molecule has 0 saturated heterocycles. The molecule has 2 N–H and O–H groups in total. The largest absolute Gasteiger partial charge is 0.460 e. The second-order valence-electron chi connectivity index (χ2n) is 15.2. The van der Waals surface area contributed by atoms with Gasteiger partial charge in [0.25, 0.3) is 11.7 Å². The molecule has 2 aromatic carbocycles. The minimum atomic E-state index is -0.675. The molecule has 11 heteroatoms. The average molecular weight is 727 g/mol. The predicted octanol–water partition coefficient (Wildman–Crippen LogP) is 9.44. The van der Waals surface area contributed by atoms with Crippen LogP contribution in [0.15, 0.2) is 60.9 Å². The normalized spacial score (nSPS) is 11.4. The maximum Gasteiger partial charge on any atom is 0.310 e. The van der Waals surface area contributed by atoms with E-state index < -0.39 is 28.9 Å². The van der Waals surface area contributed by atoms with Gasteiger partial charge in [0.05, 0.1) is 12.8 Å². The summed E-state index contributed by atoms with van der Waals surface area (Å²) in [5.41, 5.74) is 9.37. The molecule has 2 aromatic heterocycles. The molecule has 280 valence electrons. The number of hydrogen-bond donors (Lipinski definition) is 1. The molecule has 0 fully saturated rings. The molecular formula is C42H48F2N4O5. The first-order valence-corrected chi connectivity index (χ1v) is 17.3. The van der Waals surface area contributed by atoms with Gasteiger partial charge in [-0.15, -0.1) is 4.98 Å². The van der Waals surface area contributed by atoms with Gasteiger partial charge in [0.1, 0.15) is 34.7 Å². The Morgan fingerprint density at radius 3 is 1.51 bits per heavy atom. The third-order valence-electron chi connectivity index (χ3n) is 7.72. The van der Waals surface area contributed by atoms with Crippen LogP contribution in [0.3, 0.4) is 0 Å². The zero-order valence-corrected chi connectivity index (χ0v) is 32.1. The highest BCUT2D eigenvalue weighted by atomic mass is 19.1. The predicted molar refractivity (Wildman–Crippen MR) is 201 cm³/mol. The summed E-state index contributed by atoms with van der Waals surface area (Å²) < 4.78 is 39.4. The number of nitrogens with zero attached hydrogens (tertiary/aromatic N) is 3. The van der Waals surface area contributed by atoms with Crippen molar-refractivity contribution >= 4 is 23.7 Å². The summed E-state index contributed by atoms with van der Waals surface area (Å²) in [5.74, 6) is -1.99. The van der Waals surface area contributed by atoms with E-state index in [9.17, 15) is 23.2 Å². The fourth-order valence-electron chi connectivity index (χ4n) is 5.68. The van der Waals surface area contributed by atoms with Gasteiger partial charge in [0.15, 0.2) is 0 Å². The van der Waals surface area contributed by atoms with Gasteiger partial charge >= 0.3 is 11.9 Å². The van der Waals surface area contributed by atoms with Crippen molar-refractivity contribution in [3.63, 3.8) is 0 Å². The number of ether oxygens (including phenoxy) is 2. The SMILES string of the molecule is CC(C)c1cc(F)cc(-c2ccnc(C(N)=O)c2)c1CC(=O)OC(C)(C)C.[C-]#[N+]c1cc(-c2cc(F)cc(C(C)C)c2CC(=O)OC(C)(C)C)ccn1. The Bertz CT molecular complexity index is 2020. The fourth-order valence-corrected chi connectivity index (χ4v) is 5.68. The van der Waals surface area contributed by atoms with Crippen molar-refractivity contribution in [2.24, 2.45) is 5.73 Å². The second-order valence-corrected chi connectivity index (χ2v) is 15.2. The lowest BCUT2D eigenvalue weighted by Gasteiger charge is -2.22. The molecule has 4 aromatic rings. The number of halogens is 2. The molecule has 0 atom stereocenters. The van der Waals surface area contributed by atoms with Crippen molar-refractivity contribution in [3.05, 3.63) is 112 Å². The lowest BCUT2D eigenvalue weighted by atomic mass is 9.88. The number of hydrogen-bond acceptors (Lipinski definition) is 7. The number of pyridine rings is 2. The fraction of sp³-hybridized carbons (Fsp3) is 0.381. The lowest BCUT2D eigenvalue weighted by molar-refractivity contribution is -0.155. The van der Waals surface area contributed by atoms with E-state index in [2.05, 4.69) is 14.8 Å². The second kappa shape index (κ2) is 17.3. The van der Waals surface area contributed by atoms with E-state index in [1.807, 2.05) is 48.5 Å². The van der Waals surface area contributed by atoms with Crippen LogP contribution in [-0.4, -0.2) is 39.0 Å². The van der Waals surface area contributed by atoms with Crippen LogP contribution in [0.1, 0.15) is 114 Å². The van der Waals surface area contributed by atoms with Gasteiger partial charge in [0, 0.05) is 6.20 Å². The van der Waals surface area contributed by atoms with Crippen molar-refractivity contribution in [2.75, 3.05) is 0 Å². The highest BCUT2D eigenvalue weighted by Gasteiger charge is 2.24. The number of esters is 2. The lowest BCUT2D eigenvalue weighted by Crippen LogP contribution is -2.25. The molecular weight excluding hydrogens is 678 g/mol. The van der Waals surface area contributed by atoms with Crippen molar-refractivity contribution in [2.45, 2.75) is 105 Å². The Kier molecular flexibility index (Phi) is 13.7. The zero-order chi connectivity index (χ0) is 39.8. The number of amides is 1. The monoisotopic (exact) mass is 726 g/mol. The Balaban J connectivity index is 0.000000286. The van der Waals surface area contributed by atoms with E-state index >= 15 is 0 Å². The van der Waals surface area contributed by atoms with Crippen LogP contribution in [0, 0.1) is 18.2 Å². The third kappa shape index (κ3) is 12.3. The molecule has 0 radical (unpaired) electrons. The van der Waals surface area contributed by atoms with Gasteiger partial charge in [-0.1, -0.05) is 34.3 Å². The molecule has 4 rings (SSSR count). The van der Waals surface area contributed by atoms with Crippen LogP contribution in [-0.2, 0) is 31.9 Å². The molecule has 1 amide bonds. The van der Waals surface area contributed by atoms with Crippen molar-refractivity contribution in [3.8, 4) is 22.3 Å². The van der Waals surface area contributed by atoms with E-state index in [1.54, 1.807) is 39.0 Å².